The zero-order chi connectivity index (χ0) is 12.8. The van der Waals surface area contributed by atoms with E-state index in [-0.39, 0.29) is 22.5 Å². The van der Waals surface area contributed by atoms with Gasteiger partial charge >= 0.3 is 0 Å². The molecule has 0 saturated heterocycles. The number of carbonyl (C=O) groups is 1. The second-order valence-electron chi connectivity index (χ2n) is 4.97. The van der Waals surface area contributed by atoms with Crippen molar-refractivity contribution in [3.63, 3.8) is 0 Å². The Hall–Kier alpha value is -1.42. The predicted octanol–water partition coefficient (Wildman–Crippen LogP) is 2.34. The second-order valence-corrected chi connectivity index (χ2v) is 6.92. The van der Waals surface area contributed by atoms with Gasteiger partial charge in [0.15, 0.2) is 5.78 Å². The smallest absolute Gasteiger partial charge is 0.203 e. The molecular formula is C14H14O3S. The summed E-state index contributed by atoms with van der Waals surface area (Å²) in [5.41, 5.74) is 0. The van der Waals surface area contributed by atoms with Gasteiger partial charge in [-0.2, -0.15) is 0 Å². The van der Waals surface area contributed by atoms with Crippen LogP contribution in [0.4, 0.5) is 0 Å². The van der Waals surface area contributed by atoms with Gasteiger partial charge in [0.2, 0.25) is 9.84 Å². The largest absolute Gasteiger partial charge is 0.295 e. The van der Waals surface area contributed by atoms with Crippen LogP contribution in [-0.2, 0) is 14.6 Å². The fraction of sp³-hybridized carbons (Fsp3) is 0.357. The van der Waals surface area contributed by atoms with Gasteiger partial charge in [-0.1, -0.05) is 18.2 Å². The van der Waals surface area contributed by atoms with Crippen molar-refractivity contribution in [3.8, 4) is 0 Å². The van der Waals surface area contributed by atoms with Crippen LogP contribution in [0.1, 0.15) is 19.3 Å². The molecular weight excluding hydrogens is 248 g/mol. The van der Waals surface area contributed by atoms with Crippen molar-refractivity contribution >= 4 is 15.6 Å². The minimum Gasteiger partial charge on any atom is -0.295 e. The van der Waals surface area contributed by atoms with E-state index in [1.807, 2.05) is 0 Å². The van der Waals surface area contributed by atoms with E-state index in [0.29, 0.717) is 11.3 Å². The SMILES string of the molecule is O=C1C=C(S(=O)(=O)c2ccccc2)C2CCC1C2. The van der Waals surface area contributed by atoms with Crippen molar-refractivity contribution < 1.29 is 13.2 Å². The molecule has 1 aromatic carbocycles. The Morgan fingerprint density at radius 1 is 1.00 bits per heavy atom. The third kappa shape index (κ3) is 1.72. The van der Waals surface area contributed by atoms with E-state index in [9.17, 15) is 13.2 Å². The van der Waals surface area contributed by atoms with E-state index in [1.165, 1.54) is 6.08 Å². The molecule has 1 aromatic rings. The van der Waals surface area contributed by atoms with Crippen molar-refractivity contribution in [2.45, 2.75) is 24.2 Å². The number of sulfone groups is 1. The Morgan fingerprint density at radius 3 is 2.39 bits per heavy atom. The van der Waals surface area contributed by atoms with E-state index in [4.69, 9.17) is 0 Å². The summed E-state index contributed by atoms with van der Waals surface area (Å²) in [5.74, 6) is 0.0842. The lowest BCUT2D eigenvalue weighted by Gasteiger charge is -2.19. The molecule has 2 aliphatic rings. The van der Waals surface area contributed by atoms with E-state index in [0.717, 1.165) is 12.8 Å². The van der Waals surface area contributed by atoms with Crippen molar-refractivity contribution in [1.29, 1.82) is 0 Å². The molecule has 0 aliphatic heterocycles. The first kappa shape index (κ1) is 11.7. The Balaban J connectivity index is 2.08. The fourth-order valence-electron chi connectivity index (χ4n) is 2.91. The van der Waals surface area contributed by atoms with Gasteiger partial charge in [-0.3, -0.25) is 4.79 Å². The molecule has 2 aliphatic carbocycles. The second kappa shape index (κ2) is 4.05. The lowest BCUT2D eigenvalue weighted by Crippen LogP contribution is -2.20. The molecule has 94 valence electrons. The number of carbonyl (C=O) groups excluding carboxylic acids is 1. The van der Waals surface area contributed by atoms with Crippen LogP contribution in [0.5, 0.6) is 0 Å². The molecule has 1 fully saturated rings. The summed E-state index contributed by atoms with van der Waals surface area (Å²) in [6.07, 6.45) is 3.72. The molecule has 1 saturated carbocycles. The van der Waals surface area contributed by atoms with Gasteiger partial charge < -0.3 is 0 Å². The Bertz CT molecular complexity index is 614. The highest BCUT2D eigenvalue weighted by atomic mass is 32.2. The molecule has 3 rings (SSSR count). The van der Waals surface area contributed by atoms with Gasteiger partial charge in [-0.05, 0) is 43.4 Å². The summed E-state index contributed by atoms with van der Waals surface area (Å²) in [5, 5.41) is 0. The van der Waals surface area contributed by atoms with Crippen LogP contribution < -0.4 is 0 Å². The summed E-state index contributed by atoms with van der Waals surface area (Å²) in [4.78, 5) is 12.4. The molecule has 3 nitrogen and oxygen atoms in total. The maximum atomic E-state index is 12.5. The number of hydrogen-bond donors (Lipinski definition) is 0. The van der Waals surface area contributed by atoms with E-state index in [2.05, 4.69) is 0 Å². The van der Waals surface area contributed by atoms with Crippen LogP contribution >= 0.6 is 0 Å². The molecule has 2 unspecified atom stereocenters. The first-order valence-corrected chi connectivity index (χ1v) is 7.63. The highest BCUT2D eigenvalue weighted by Gasteiger charge is 2.40. The van der Waals surface area contributed by atoms with Crippen molar-refractivity contribution in [2.75, 3.05) is 0 Å². The number of hydrogen-bond acceptors (Lipinski definition) is 3. The third-order valence-electron chi connectivity index (χ3n) is 3.89. The molecule has 18 heavy (non-hydrogen) atoms. The lowest BCUT2D eigenvalue weighted by atomic mass is 9.94. The summed E-state index contributed by atoms with van der Waals surface area (Å²) in [7, 11) is -3.49. The van der Waals surface area contributed by atoms with Crippen LogP contribution in [0.25, 0.3) is 0 Å². The van der Waals surface area contributed by atoms with Gasteiger partial charge in [0.25, 0.3) is 0 Å². The third-order valence-corrected chi connectivity index (χ3v) is 5.85. The Morgan fingerprint density at radius 2 is 1.67 bits per heavy atom. The normalized spacial score (nSPS) is 27.1. The number of fused-ring (bicyclic) bond motifs is 2. The average Bonchev–Trinajstić information content (AvgIpc) is 2.80. The molecule has 2 atom stereocenters. The first-order chi connectivity index (χ1) is 8.59. The number of allylic oxidation sites excluding steroid dienone is 2. The van der Waals surface area contributed by atoms with Crippen LogP contribution in [-0.4, -0.2) is 14.2 Å². The molecule has 4 heteroatoms. The van der Waals surface area contributed by atoms with Crippen molar-refractivity contribution in [2.24, 2.45) is 11.8 Å². The summed E-state index contributed by atoms with van der Waals surface area (Å²) < 4.78 is 25.0. The van der Waals surface area contributed by atoms with Gasteiger partial charge in [-0.15, -0.1) is 0 Å². The average molecular weight is 262 g/mol. The summed E-state index contributed by atoms with van der Waals surface area (Å²) in [6.45, 7) is 0. The molecule has 0 radical (unpaired) electrons. The first-order valence-electron chi connectivity index (χ1n) is 6.14. The zero-order valence-electron chi connectivity index (χ0n) is 9.87. The molecule has 0 spiro atoms. The Labute approximate surface area is 106 Å². The van der Waals surface area contributed by atoms with E-state index < -0.39 is 9.84 Å². The van der Waals surface area contributed by atoms with Crippen LogP contribution in [0.15, 0.2) is 46.2 Å². The van der Waals surface area contributed by atoms with Crippen LogP contribution in [0.3, 0.4) is 0 Å². The van der Waals surface area contributed by atoms with E-state index >= 15 is 0 Å². The highest BCUT2D eigenvalue weighted by Crippen LogP contribution is 2.43. The fourth-order valence-corrected chi connectivity index (χ4v) is 4.62. The van der Waals surface area contributed by atoms with Gasteiger partial charge in [0.1, 0.15) is 0 Å². The maximum absolute atomic E-state index is 12.5. The summed E-state index contributed by atoms with van der Waals surface area (Å²) >= 11 is 0. The van der Waals surface area contributed by atoms with Crippen LogP contribution in [0.2, 0.25) is 0 Å². The zero-order valence-corrected chi connectivity index (χ0v) is 10.7. The minimum absolute atomic E-state index is 0.0155. The number of benzene rings is 1. The van der Waals surface area contributed by atoms with Gasteiger partial charge in [-0.25, -0.2) is 8.42 Å². The van der Waals surface area contributed by atoms with Crippen molar-refractivity contribution in [1.82, 2.24) is 0 Å². The standard InChI is InChI=1S/C14H14O3S/c15-13-9-14(11-7-6-10(13)8-11)18(16,17)12-4-2-1-3-5-12/h1-5,9-11H,6-8H2. The molecule has 0 heterocycles. The monoisotopic (exact) mass is 262 g/mol. The van der Waals surface area contributed by atoms with Gasteiger partial charge in [0, 0.05) is 5.92 Å². The Kier molecular flexibility index (Phi) is 2.63. The maximum Gasteiger partial charge on any atom is 0.203 e. The molecule has 0 N–H and O–H groups in total. The molecule has 2 bridgehead atoms. The van der Waals surface area contributed by atoms with Crippen molar-refractivity contribution in [3.05, 3.63) is 41.3 Å². The summed E-state index contributed by atoms with van der Waals surface area (Å²) in [6, 6.07) is 8.36. The highest BCUT2D eigenvalue weighted by molar-refractivity contribution is 7.95. The minimum atomic E-state index is -3.49. The number of rotatable bonds is 2. The van der Waals surface area contributed by atoms with Gasteiger partial charge in [0.05, 0.1) is 9.80 Å². The predicted molar refractivity (Wildman–Crippen MR) is 67.5 cm³/mol. The topological polar surface area (TPSA) is 51.2 Å². The molecule has 0 amide bonds. The van der Waals surface area contributed by atoms with Crippen LogP contribution in [0, 0.1) is 11.8 Å². The molecule has 0 aromatic heterocycles. The number of ketones is 1. The van der Waals surface area contributed by atoms with E-state index in [1.54, 1.807) is 30.3 Å². The lowest BCUT2D eigenvalue weighted by molar-refractivity contribution is -0.118. The quantitative estimate of drug-likeness (QED) is 0.822.